The van der Waals surface area contributed by atoms with Crippen LogP contribution in [0.2, 0.25) is 0 Å². The zero-order chi connectivity index (χ0) is 18.7. The summed E-state index contributed by atoms with van der Waals surface area (Å²) in [6.07, 6.45) is 7.39. The Morgan fingerprint density at radius 1 is 0.889 bits per heavy atom. The van der Waals surface area contributed by atoms with E-state index in [4.69, 9.17) is 8.85 Å². The van der Waals surface area contributed by atoms with Gasteiger partial charge in [0.1, 0.15) is 0 Å². The summed E-state index contributed by atoms with van der Waals surface area (Å²) >= 11 is 0. The standard InChI is InChI=1S/C23H31NO2Si/c1-3-25-27(26-4-2,24-19-12-6-5-7-13-19)23-16-10-15-21-20-14-9-8-11-18(20)17-22(21)23/h8-11,14-16,19,24H,3-7,12-13,17H2,1-2H3. The van der Waals surface area contributed by atoms with Crippen molar-refractivity contribution in [2.45, 2.75) is 58.4 Å². The van der Waals surface area contributed by atoms with Crippen molar-refractivity contribution in [3.8, 4) is 11.1 Å². The van der Waals surface area contributed by atoms with E-state index < -0.39 is 8.72 Å². The molecular weight excluding hydrogens is 350 g/mol. The Bertz CT molecular complexity index is 780. The van der Waals surface area contributed by atoms with Crippen LogP contribution in [0.1, 0.15) is 57.1 Å². The van der Waals surface area contributed by atoms with Crippen LogP contribution in [0.25, 0.3) is 11.1 Å². The summed E-state index contributed by atoms with van der Waals surface area (Å²) in [6, 6.07) is 15.9. The predicted octanol–water partition coefficient (Wildman–Crippen LogP) is 4.40. The SMILES string of the molecule is CCO[Si](NC1CCCCC1)(OCC)c1cccc2c1Cc1ccccc1-2. The first-order valence-electron chi connectivity index (χ1n) is 10.5. The van der Waals surface area contributed by atoms with Gasteiger partial charge < -0.3 is 8.85 Å². The van der Waals surface area contributed by atoms with Crippen LogP contribution in [0.3, 0.4) is 0 Å². The Kier molecular flexibility index (Phi) is 5.78. The largest absolute Gasteiger partial charge is 0.461 e. The van der Waals surface area contributed by atoms with E-state index in [2.05, 4.69) is 61.3 Å². The van der Waals surface area contributed by atoms with Crippen molar-refractivity contribution in [2.24, 2.45) is 0 Å². The van der Waals surface area contributed by atoms with Crippen molar-refractivity contribution in [1.82, 2.24) is 4.98 Å². The van der Waals surface area contributed by atoms with Gasteiger partial charge in [-0.2, -0.15) is 0 Å². The van der Waals surface area contributed by atoms with Gasteiger partial charge in [-0.3, -0.25) is 4.98 Å². The van der Waals surface area contributed by atoms with Crippen molar-refractivity contribution in [3.63, 3.8) is 0 Å². The van der Waals surface area contributed by atoms with Crippen LogP contribution >= 0.6 is 0 Å². The molecule has 0 heterocycles. The van der Waals surface area contributed by atoms with Crippen LogP contribution < -0.4 is 10.2 Å². The van der Waals surface area contributed by atoms with Crippen LogP contribution in [-0.4, -0.2) is 28.0 Å². The molecule has 1 saturated carbocycles. The fourth-order valence-electron chi connectivity index (χ4n) is 4.75. The molecule has 2 aromatic rings. The molecule has 2 aliphatic rings. The minimum atomic E-state index is -2.71. The van der Waals surface area contributed by atoms with Crippen LogP contribution in [-0.2, 0) is 15.3 Å². The third-order valence-corrected chi connectivity index (χ3v) is 9.26. The molecule has 2 aromatic carbocycles. The van der Waals surface area contributed by atoms with Crippen molar-refractivity contribution >= 4 is 13.9 Å². The Hall–Kier alpha value is -1.46. The molecule has 4 rings (SSSR count). The van der Waals surface area contributed by atoms with Gasteiger partial charge in [-0.05, 0) is 55.4 Å². The lowest BCUT2D eigenvalue weighted by atomic mass is 9.96. The second kappa shape index (κ2) is 8.27. The van der Waals surface area contributed by atoms with Gasteiger partial charge >= 0.3 is 8.72 Å². The van der Waals surface area contributed by atoms with Gasteiger partial charge in [-0.15, -0.1) is 0 Å². The summed E-state index contributed by atoms with van der Waals surface area (Å²) < 4.78 is 13.0. The molecule has 0 saturated heterocycles. The predicted molar refractivity (Wildman–Crippen MR) is 113 cm³/mol. The molecule has 4 heteroatoms. The molecule has 2 aliphatic carbocycles. The molecule has 3 nitrogen and oxygen atoms in total. The summed E-state index contributed by atoms with van der Waals surface area (Å²) in [5.74, 6) is 0. The molecule has 0 aromatic heterocycles. The zero-order valence-corrected chi connectivity index (χ0v) is 17.6. The van der Waals surface area contributed by atoms with Crippen molar-refractivity contribution in [3.05, 3.63) is 53.6 Å². The first kappa shape index (κ1) is 18.9. The fraction of sp³-hybridized carbons (Fsp3) is 0.478. The second-order valence-corrected chi connectivity index (χ2v) is 10.3. The first-order chi connectivity index (χ1) is 13.3. The van der Waals surface area contributed by atoms with Gasteiger partial charge in [0.2, 0.25) is 0 Å². The van der Waals surface area contributed by atoms with Gasteiger partial charge in [0.05, 0.1) is 0 Å². The molecule has 0 atom stereocenters. The van der Waals surface area contributed by atoms with Gasteiger partial charge in [0, 0.05) is 24.4 Å². The Labute approximate surface area is 164 Å². The first-order valence-corrected chi connectivity index (χ1v) is 12.3. The average Bonchev–Trinajstić information content (AvgIpc) is 3.08. The maximum absolute atomic E-state index is 6.49. The quantitative estimate of drug-likeness (QED) is 0.615. The fourth-order valence-corrected chi connectivity index (χ4v) is 8.04. The highest BCUT2D eigenvalue weighted by Crippen LogP contribution is 2.36. The zero-order valence-electron chi connectivity index (χ0n) is 16.6. The highest BCUT2D eigenvalue weighted by molar-refractivity contribution is 6.79. The Balaban J connectivity index is 1.76. The monoisotopic (exact) mass is 381 g/mol. The van der Waals surface area contributed by atoms with E-state index in [0.29, 0.717) is 19.3 Å². The molecule has 1 N–H and O–H groups in total. The van der Waals surface area contributed by atoms with Gasteiger partial charge in [-0.25, -0.2) is 0 Å². The van der Waals surface area contributed by atoms with Crippen molar-refractivity contribution < 1.29 is 8.85 Å². The van der Waals surface area contributed by atoms with E-state index in [-0.39, 0.29) is 0 Å². The summed E-state index contributed by atoms with van der Waals surface area (Å²) in [5.41, 5.74) is 5.52. The molecule has 0 amide bonds. The van der Waals surface area contributed by atoms with E-state index in [0.717, 1.165) is 6.42 Å². The minimum absolute atomic E-state index is 0.503. The van der Waals surface area contributed by atoms with Crippen LogP contribution in [0.15, 0.2) is 42.5 Å². The van der Waals surface area contributed by atoms with Gasteiger partial charge in [-0.1, -0.05) is 61.7 Å². The van der Waals surface area contributed by atoms with E-state index in [1.54, 1.807) is 0 Å². The van der Waals surface area contributed by atoms with E-state index in [1.165, 1.54) is 59.5 Å². The highest BCUT2D eigenvalue weighted by Gasteiger charge is 2.45. The Morgan fingerprint density at radius 2 is 1.59 bits per heavy atom. The smallest absolute Gasteiger partial charge is 0.380 e. The summed E-state index contributed by atoms with van der Waals surface area (Å²) in [4.78, 5) is 3.94. The van der Waals surface area contributed by atoms with Crippen LogP contribution in [0.5, 0.6) is 0 Å². The molecule has 27 heavy (non-hydrogen) atoms. The number of benzene rings is 2. The van der Waals surface area contributed by atoms with Crippen molar-refractivity contribution in [1.29, 1.82) is 0 Å². The topological polar surface area (TPSA) is 30.5 Å². The number of fused-ring (bicyclic) bond motifs is 3. The van der Waals surface area contributed by atoms with E-state index in [1.807, 2.05) is 0 Å². The van der Waals surface area contributed by atoms with Crippen LogP contribution in [0, 0.1) is 0 Å². The van der Waals surface area contributed by atoms with E-state index in [9.17, 15) is 0 Å². The van der Waals surface area contributed by atoms with Gasteiger partial charge in [0.15, 0.2) is 0 Å². The molecule has 0 aliphatic heterocycles. The van der Waals surface area contributed by atoms with Crippen LogP contribution in [0.4, 0.5) is 0 Å². The summed E-state index contributed by atoms with van der Waals surface area (Å²) in [6.45, 7) is 5.51. The lowest BCUT2D eigenvalue weighted by Crippen LogP contribution is -2.68. The molecule has 1 fully saturated rings. The van der Waals surface area contributed by atoms with E-state index >= 15 is 0 Å². The molecule has 0 unspecified atom stereocenters. The molecule has 0 spiro atoms. The third kappa shape index (κ3) is 3.64. The molecule has 0 bridgehead atoms. The summed E-state index contributed by atoms with van der Waals surface area (Å²) in [5, 5.41) is 1.28. The average molecular weight is 382 g/mol. The molecular formula is C23H31NO2Si. The Morgan fingerprint density at radius 3 is 2.33 bits per heavy atom. The number of rotatable bonds is 7. The van der Waals surface area contributed by atoms with Crippen molar-refractivity contribution in [2.75, 3.05) is 13.2 Å². The number of hydrogen-bond acceptors (Lipinski definition) is 3. The van der Waals surface area contributed by atoms with Gasteiger partial charge in [0.25, 0.3) is 0 Å². The molecule has 144 valence electrons. The number of nitrogens with one attached hydrogen (secondary N) is 1. The normalized spacial score (nSPS) is 17.0. The summed E-state index contributed by atoms with van der Waals surface area (Å²) in [7, 11) is -2.71. The highest BCUT2D eigenvalue weighted by atomic mass is 28.4. The minimum Gasteiger partial charge on any atom is -0.380 e. The lowest BCUT2D eigenvalue weighted by molar-refractivity contribution is 0.175. The second-order valence-electron chi connectivity index (χ2n) is 7.63. The maximum Gasteiger partial charge on any atom is 0.461 e. The maximum atomic E-state index is 6.49. The molecule has 0 radical (unpaired) electrons. The number of hydrogen-bond donors (Lipinski definition) is 1. The third-order valence-electron chi connectivity index (χ3n) is 5.90. The lowest BCUT2D eigenvalue weighted by Gasteiger charge is -2.36.